The second-order valence-corrected chi connectivity index (χ2v) is 5.94. The van der Waals surface area contributed by atoms with Crippen molar-refractivity contribution in [3.05, 3.63) is 76.0 Å². The van der Waals surface area contributed by atoms with E-state index in [0.29, 0.717) is 17.7 Å². The number of nitro benzene ring substituents is 1. The Hall–Kier alpha value is -3.15. The Kier molecular flexibility index (Phi) is 4.79. The van der Waals surface area contributed by atoms with Crippen LogP contribution in [0.5, 0.6) is 0 Å². The minimum atomic E-state index is -0.469. The molecule has 1 amide bonds. The second kappa shape index (κ2) is 7.17. The van der Waals surface area contributed by atoms with Gasteiger partial charge in [0.1, 0.15) is 0 Å². The molecule has 2 aromatic carbocycles. The van der Waals surface area contributed by atoms with E-state index in [4.69, 9.17) is 0 Å². The van der Waals surface area contributed by atoms with Crippen molar-refractivity contribution in [3.8, 4) is 0 Å². The smallest absolute Gasteiger partial charge is 0.273 e. The number of amides is 1. The number of para-hydroxylation sites is 1. The molecular weight excluding hydrogens is 318 g/mol. The van der Waals surface area contributed by atoms with Crippen molar-refractivity contribution >= 4 is 22.5 Å². The maximum absolute atomic E-state index is 12.2. The van der Waals surface area contributed by atoms with Gasteiger partial charge >= 0.3 is 0 Å². The predicted octanol–water partition coefficient (Wildman–Crippen LogP) is 3.68. The maximum Gasteiger partial charge on any atom is 0.273 e. The van der Waals surface area contributed by atoms with Crippen LogP contribution in [0.4, 0.5) is 5.69 Å². The summed E-state index contributed by atoms with van der Waals surface area (Å²) in [6.45, 7) is 2.95. The molecule has 1 N–H and O–H groups in total. The lowest BCUT2D eigenvalue weighted by Crippen LogP contribution is -2.25. The second-order valence-electron chi connectivity index (χ2n) is 5.94. The first kappa shape index (κ1) is 16.7. The van der Waals surface area contributed by atoms with Crippen LogP contribution >= 0.6 is 0 Å². The number of aryl methyl sites for hydroxylation is 2. The summed E-state index contributed by atoms with van der Waals surface area (Å²) in [4.78, 5) is 22.7. The standard InChI is InChI=1S/C19H19N3O3/c1-14-7-8-16(13-18(14)22(24)25)19(23)20-10-4-11-21-12-9-15-5-2-3-6-17(15)21/h2-3,5-9,12-13H,4,10-11H2,1H3,(H,20,23). The van der Waals surface area contributed by atoms with Gasteiger partial charge in [-0.2, -0.15) is 0 Å². The molecule has 0 saturated heterocycles. The number of aromatic nitrogens is 1. The normalized spacial score (nSPS) is 10.8. The van der Waals surface area contributed by atoms with Gasteiger partial charge in [-0.1, -0.05) is 24.3 Å². The average Bonchev–Trinajstić information content (AvgIpc) is 3.02. The van der Waals surface area contributed by atoms with E-state index in [1.165, 1.54) is 17.0 Å². The summed E-state index contributed by atoms with van der Waals surface area (Å²) in [7, 11) is 0. The first-order valence-corrected chi connectivity index (χ1v) is 8.13. The first-order chi connectivity index (χ1) is 12.1. The monoisotopic (exact) mass is 337 g/mol. The third kappa shape index (κ3) is 3.68. The van der Waals surface area contributed by atoms with Crippen LogP contribution in [0, 0.1) is 17.0 Å². The van der Waals surface area contributed by atoms with Gasteiger partial charge in [-0.25, -0.2) is 0 Å². The van der Waals surface area contributed by atoms with Crippen molar-refractivity contribution in [1.82, 2.24) is 9.88 Å². The number of nitrogens with one attached hydrogen (secondary N) is 1. The molecule has 0 fully saturated rings. The van der Waals surface area contributed by atoms with E-state index >= 15 is 0 Å². The molecule has 128 valence electrons. The van der Waals surface area contributed by atoms with E-state index in [9.17, 15) is 14.9 Å². The Morgan fingerprint density at radius 3 is 2.80 bits per heavy atom. The van der Waals surface area contributed by atoms with Crippen LogP contribution in [-0.4, -0.2) is 21.9 Å². The zero-order valence-corrected chi connectivity index (χ0v) is 13.9. The first-order valence-electron chi connectivity index (χ1n) is 8.13. The van der Waals surface area contributed by atoms with Crippen molar-refractivity contribution in [2.24, 2.45) is 0 Å². The molecule has 0 atom stereocenters. The Bertz CT molecular complexity index is 931. The van der Waals surface area contributed by atoms with E-state index in [-0.39, 0.29) is 11.6 Å². The van der Waals surface area contributed by atoms with Gasteiger partial charge in [-0.05, 0) is 36.9 Å². The number of hydrogen-bond acceptors (Lipinski definition) is 3. The highest BCUT2D eigenvalue weighted by Gasteiger charge is 2.14. The number of hydrogen-bond donors (Lipinski definition) is 1. The summed E-state index contributed by atoms with van der Waals surface area (Å²) in [6.07, 6.45) is 2.81. The molecule has 0 saturated carbocycles. The molecule has 0 aliphatic rings. The molecule has 3 aromatic rings. The average molecular weight is 337 g/mol. The number of rotatable bonds is 6. The van der Waals surface area contributed by atoms with E-state index < -0.39 is 4.92 Å². The fourth-order valence-corrected chi connectivity index (χ4v) is 2.84. The van der Waals surface area contributed by atoms with Gasteiger partial charge in [0.15, 0.2) is 0 Å². The molecule has 1 aromatic heterocycles. The summed E-state index contributed by atoms with van der Waals surface area (Å²) in [5.41, 5.74) is 1.99. The number of nitro groups is 1. The lowest BCUT2D eigenvalue weighted by molar-refractivity contribution is -0.385. The number of fused-ring (bicyclic) bond motifs is 1. The van der Waals surface area contributed by atoms with E-state index in [1.54, 1.807) is 19.1 Å². The zero-order chi connectivity index (χ0) is 17.8. The fraction of sp³-hybridized carbons (Fsp3) is 0.211. The summed E-state index contributed by atoms with van der Waals surface area (Å²) in [6, 6.07) is 14.7. The van der Waals surface area contributed by atoms with Crippen molar-refractivity contribution < 1.29 is 9.72 Å². The lowest BCUT2D eigenvalue weighted by atomic mass is 10.1. The summed E-state index contributed by atoms with van der Waals surface area (Å²) < 4.78 is 2.15. The van der Waals surface area contributed by atoms with Gasteiger partial charge in [0, 0.05) is 42.0 Å². The third-order valence-corrected chi connectivity index (χ3v) is 4.21. The third-order valence-electron chi connectivity index (χ3n) is 4.21. The minimum absolute atomic E-state index is 0.0357. The van der Waals surface area contributed by atoms with Crippen LogP contribution in [-0.2, 0) is 6.54 Å². The van der Waals surface area contributed by atoms with Gasteiger partial charge in [0.05, 0.1) is 4.92 Å². The predicted molar refractivity (Wildman–Crippen MR) is 96.7 cm³/mol. The highest BCUT2D eigenvalue weighted by molar-refractivity contribution is 5.94. The molecule has 3 rings (SSSR count). The maximum atomic E-state index is 12.2. The van der Waals surface area contributed by atoms with Gasteiger partial charge in [-0.3, -0.25) is 14.9 Å². The summed E-state index contributed by atoms with van der Waals surface area (Å²) in [5, 5.41) is 15.0. The molecule has 0 unspecified atom stereocenters. The largest absolute Gasteiger partial charge is 0.352 e. The molecular formula is C19H19N3O3. The molecule has 0 radical (unpaired) electrons. The Balaban J connectivity index is 1.56. The molecule has 1 heterocycles. The highest BCUT2D eigenvalue weighted by Crippen LogP contribution is 2.19. The van der Waals surface area contributed by atoms with Crippen molar-refractivity contribution in [1.29, 1.82) is 0 Å². The molecule has 0 spiro atoms. The van der Waals surface area contributed by atoms with Crippen molar-refractivity contribution in [2.45, 2.75) is 19.9 Å². The molecule has 6 heteroatoms. The van der Waals surface area contributed by atoms with Crippen molar-refractivity contribution in [3.63, 3.8) is 0 Å². The molecule has 0 aliphatic carbocycles. The topological polar surface area (TPSA) is 77.2 Å². The number of carbonyl (C=O) groups is 1. The van der Waals surface area contributed by atoms with E-state index in [0.717, 1.165) is 13.0 Å². The van der Waals surface area contributed by atoms with Crippen LogP contribution in [0.25, 0.3) is 10.9 Å². The van der Waals surface area contributed by atoms with E-state index in [2.05, 4.69) is 28.1 Å². The summed E-state index contributed by atoms with van der Waals surface area (Å²) >= 11 is 0. The van der Waals surface area contributed by atoms with Gasteiger partial charge in [-0.15, -0.1) is 0 Å². The van der Waals surface area contributed by atoms with Crippen LogP contribution < -0.4 is 5.32 Å². The van der Waals surface area contributed by atoms with Crippen LogP contribution in [0.1, 0.15) is 22.3 Å². The minimum Gasteiger partial charge on any atom is -0.352 e. The van der Waals surface area contributed by atoms with Gasteiger partial charge < -0.3 is 9.88 Å². The molecule has 6 nitrogen and oxygen atoms in total. The molecule has 0 bridgehead atoms. The number of nitrogens with zero attached hydrogens (tertiary/aromatic N) is 2. The highest BCUT2D eigenvalue weighted by atomic mass is 16.6. The van der Waals surface area contributed by atoms with E-state index in [1.807, 2.05) is 18.3 Å². The van der Waals surface area contributed by atoms with Crippen molar-refractivity contribution in [2.75, 3.05) is 6.54 Å². The fourth-order valence-electron chi connectivity index (χ4n) is 2.84. The molecule has 0 aliphatic heterocycles. The molecule has 25 heavy (non-hydrogen) atoms. The Labute approximate surface area is 145 Å². The van der Waals surface area contributed by atoms with Crippen LogP contribution in [0.3, 0.4) is 0 Å². The van der Waals surface area contributed by atoms with Gasteiger partial charge in [0.25, 0.3) is 11.6 Å². The zero-order valence-electron chi connectivity index (χ0n) is 13.9. The summed E-state index contributed by atoms with van der Waals surface area (Å²) in [5.74, 6) is -0.291. The Morgan fingerprint density at radius 2 is 2.00 bits per heavy atom. The number of benzene rings is 2. The SMILES string of the molecule is Cc1ccc(C(=O)NCCCn2ccc3ccccc32)cc1[N+](=O)[O-]. The Morgan fingerprint density at radius 1 is 1.20 bits per heavy atom. The quantitative estimate of drug-likeness (QED) is 0.423. The van der Waals surface area contributed by atoms with Crippen LogP contribution in [0.2, 0.25) is 0 Å². The van der Waals surface area contributed by atoms with Crippen LogP contribution in [0.15, 0.2) is 54.7 Å². The van der Waals surface area contributed by atoms with Gasteiger partial charge in [0.2, 0.25) is 0 Å². The number of carbonyl (C=O) groups excluding carboxylic acids is 1. The lowest BCUT2D eigenvalue weighted by Gasteiger charge is -2.08.